The van der Waals surface area contributed by atoms with Gasteiger partial charge in [-0.3, -0.25) is 9.59 Å². The standard InChI is InChI=1S/C21H18ClFN4O2/c22-17-10-7-13(11-16(17)20(24)28)25-21(29)19-15-3-1-2-4-18(15)27(26-19)14-8-5-12(23)6-9-14/h5-11H,1-4H2,(H2,24,28)(H,25,29). The number of anilines is 1. The summed E-state index contributed by atoms with van der Waals surface area (Å²) in [5.74, 6) is -1.40. The lowest BCUT2D eigenvalue weighted by Crippen LogP contribution is -2.17. The molecule has 0 spiro atoms. The highest BCUT2D eigenvalue weighted by atomic mass is 35.5. The Morgan fingerprint density at radius 3 is 2.55 bits per heavy atom. The fourth-order valence-electron chi connectivity index (χ4n) is 3.56. The van der Waals surface area contributed by atoms with Gasteiger partial charge in [0, 0.05) is 16.9 Å². The average Bonchev–Trinajstić information content (AvgIpc) is 3.10. The lowest BCUT2D eigenvalue weighted by Gasteiger charge is -2.14. The van der Waals surface area contributed by atoms with Crippen molar-refractivity contribution >= 4 is 29.1 Å². The number of nitrogens with one attached hydrogen (secondary N) is 1. The van der Waals surface area contributed by atoms with Crippen molar-refractivity contribution in [3.05, 3.63) is 75.8 Å². The molecule has 1 heterocycles. The van der Waals surface area contributed by atoms with Gasteiger partial charge in [0.25, 0.3) is 5.91 Å². The molecule has 0 radical (unpaired) electrons. The molecule has 1 aliphatic carbocycles. The van der Waals surface area contributed by atoms with Gasteiger partial charge in [-0.05, 0) is 68.1 Å². The van der Waals surface area contributed by atoms with Crippen LogP contribution in [0.5, 0.6) is 0 Å². The van der Waals surface area contributed by atoms with E-state index in [0.717, 1.165) is 36.9 Å². The highest BCUT2D eigenvalue weighted by molar-refractivity contribution is 6.34. The number of carbonyl (C=O) groups excluding carboxylic acids is 2. The molecular formula is C21H18ClFN4O2. The van der Waals surface area contributed by atoms with E-state index in [1.807, 2.05) is 0 Å². The Balaban J connectivity index is 1.70. The topological polar surface area (TPSA) is 90.0 Å². The molecule has 1 aromatic heterocycles. The zero-order chi connectivity index (χ0) is 20.5. The quantitative estimate of drug-likeness (QED) is 0.681. The van der Waals surface area contributed by atoms with Gasteiger partial charge < -0.3 is 11.1 Å². The molecule has 148 valence electrons. The zero-order valence-electron chi connectivity index (χ0n) is 15.4. The lowest BCUT2D eigenvalue weighted by atomic mass is 9.95. The van der Waals surface area contributed by atoms with E-state index < -0.39 is 5.91 Å². The third-order valence-corrected chi connectivity index (χ3v) is 5.29. The smallest absolute Gasteiger partial charge is 0.276 e. The molecule has 0 atom stereocenters. The van der Waals surface area contributed by atoms with Gasteiger partial charge in [-0.15, -0.1) is 0 Å². The van der Waals surface area contributed by atoms with Gasteiger partial charge in [0.2, 0.25) is 5.91 Å². The van der Waals surface area contributed by atoms with Crippen LogP contribution >= 0.6 is 11.6 Å². The molecule has 0 saturated heterocycles. The van der Waals surface area contributed by atoms with E-state index in [-0.39, 0.29) is 22.3 Å². The SMILES string of the molecule is NC(=O)c1cc(NC(=O)c2nn(-c3ccc(F)cc3)c3c2CCCC3)ccc1Cl. The number of nitrogens with two attached hydrogens (primary N) is 1. The van der Waals surface area contributed by atoms with Crippen molar-refractivity contribution in [2.75, 3.05) is 5.32 Å². The highest BCUT2D eigenvalue weighted by Gasteiger charge is 2.26. The molecule has 0 unspecified atom stereocenters. The molecular weight excluding hydrogens is 395 g/mol. The van der Waals surface area contributed by atoms with E-state index in [1.54, 1.807) is 22.9 Å². The zero-order valence-corrected chi connectivity index (χ0v) is 16.2. The van der Waals surface area contributed by atoms with Crippen molar-refractivity contribution in [2.24, 2.45) is 5.73 Å². The molecule has 0 saturated carbocycles. The van der Waals surface area contributed by atoms with Crippen LogP contribution < -0.4 is 11.1 Å². The first-order chi connectivity index (χ1) is 13.9. The summed E-state index contributed by atoms with van der Waals surface area (Å²) < 4.78 is 15.0. The largest absolute Gasteiger partial charge is 0.366 e. The predicted molar refractivity (Wildman–Crippen MR) is 108 cm³/mol. The van der Waals surface area contributed by atoms with Crippen LogP contribution in [-0.4, -0.2) is 21.6 Å². The van der Waals surface area contributed by atoms with Crippen molar-refractivity contribution in [1.82, 2.24) is 9.78 Å². The molecule has 6 nitrogen and oxygen atoms in total. The normalized spacial score (nSPS) is 13.0. The molecule has 0 bridgehead atoms. The van der Waals surface area contributed by atoms with Crippen molar-refractivity contribution in [2.45, 2.75) is 25.7 Å². The van der Waals surface area contributed by atoms with Crippen LogP contribution in [0.15, 0.2) is 42.5 Å². The monoisotopic (exact) mass is 412 g/mol. The van der Waals surface area contributed by atoms with Crippen molar-refractivity contribution in [1.29, 1.82) is 0 Å². The molecule has 1 aliphatic rings. The minimum Gasteiger partial charge on any atom is -0.366 e. The van der Waals surface area contributed by atoms with E-state index >= 15 is 0 Å². The third kappa shape index (κ3) is 3.73. The minimum absolute atomic E-state index is 0.128. The fourth-order valence-corrected chi connectivity index (χ4v) is 3.77. The number of benzene rings is 2. The second-order valence-corrected chi connectivity index (χ2v) is 7.29. The van der Waals surface area contributed by atoms with Crippen LogP contribution in [0.2, 0.25) is 5.02 Å². The summed E-state index contributed by atoms with van der Waals surface area (Å²) in [7, 11) is 0. The summed E-state index contributed by atoms with van der Waals surface area (Å²) >= 11 is 5.97. The summed E-state index contributed by atoms with van der Waals surface area (Å²) in [6.45, 7) is 0. The number of amides is 2. The van der Waals surface area contributed by atoms with Crippen molar-refractivity contribution in [3.63, 3.8) is 0 Å². The van der Waals surface area contributed by atoms with E-state index in [1.165, 1.54) is 24.3 Å². The Kier molecular flexibility index (Phi) is 5.07. The van der Waals surface area contributed by atoms with Gasteiger partial charge in [0.05, 0.1) is 16.3 Å². The maximum atomic E-state index is 13.3. The maximum absolute atomic E-state index is 13.3. The van der Waals surface area contributed by atoms with Crippen LogP contribution in [-0.2, 0) is 12.8 Å². The molecule has 0 aliphatic heterocycles. The average molecular weight is 413 g/mol. The second kappa shape index (κ2) is 7.67. The Bertz CT molecular complexity index is 1110. The summed E-state index contributed by atoms with van der Waals surface area (Å²) in [5.41, 5.74) is 8.71. The lowest BCUT2D eigenvalue weighted by molar-refractivity contribution is 0.0995. The molecule has 2 aromatic carbocycles. The van der Waals surface area contributed by atoms with Crippen LogP contribution in [0.3, 0.4) is 0 Å². The van der Waals surface area contributed by atoms with E-state index in [4.69, 9.17) is 17.3 Å². The van der Waals surface area contributed by atoms with E-state index in [9.17, 15) is 14.0 Å². The molecule has 3 N–H and O–H groups in total. The molecule has 29 heavy (non-hydrogen) atoms. The molecule has 2 amide bonds. The van der Waals surface area contributed by atoms with Gasteiger partial charge in [0.15, 0.2) is 5.69 Å². The van der Waals surface area contributed by atoms with Gasteiger partial charge in [-0.1, -0.05) is 11.6 Å². The van der Waals surface area contributed by atoms with Crippen molar-refractivity contribution < 1.29 is 14.0 Å². The van der Waals surface area contributed by atoms with Gasteiger partial charge >= 0.3 is 0 Å². The fraction of sp³-hybridized carbons (Fsp3) is 0.190. The number of hydrogen-bond donors (Lipinski definition) is 2. The summed E-state index contributed by atoms with van der Waals surface area (Å²) in [6, 6.07) is 10.5. The highest BCUT2D eigenvalue weighted by Crippen LogP contribution is 2.28. The number of nitrogens with zero attached hydrogens (tertiary/aromatic N) is 2. The van der Waals surface area contributed by atoms with Crippen LogP contribution in [0.4, 0.5) is 10.1 Å². The molecule has 3 aromatic rings. The number of primary amides is 1. The number of fused-ring (bicyclic) bond motifs is 1. The molecule has 4 rings (SSSR count). The van der Waals surface area contributed by atoms with Gasteiger partial charge in [-0.25, -0.2) is 9.07 Å². The van der Waals surface area contributed by atoms with Crippen molar-refractivity contribution in [3.8, 4) is 5.69 Å². The van der Waals surface area contributed by atoms with E-state index in [0.29, 0.717) is 17.1 Å². The predicted octanol–water partition coefficient (Wildman–Crippen LogP) is 3.89. The Morgan fingerprint density at radius 1 is 1.10 bits per heavy atom. The number of aromatic nitrogens is 2. The second-order valence-electron chi connectivity index (χ2n) is 6.88. The Morgan fingerprint density at radius 2 is 1.83 bits per heavy atom. The van der Waals surface area contributed by atoms with Crippen LogP contribution in [0.25, 0.3) is 5.69 Å². The molecule has 0 fully saturated rings. The van der Waals surface area contributed by atoms with E-state index in [2.05, 4.69) is 10.4 Å². The number of carbonyl (C=O) groups is 2. The third-order valence-electron chi connectivity index (χ3n) is 4.96. The first-order valence-electron chi connectivity index (χ1n) is 9.21. The van der Waals surface area contributed by atoms with Crippen LogP contribution in [0.1, 0.15) is 44.9 Å². The summed E-state index contributed by atoms with van der Waals surface area (Å²) in [5, 5.41) is 7.51. The number of halogens is 2. The van der Waals surface area contributed by atoms with Gasteiger partial charge in [0.1, 0.15) is 5.82 Å². The maximum Gasteiger partial charge on any atom is 0.276 e. The first-order valence-corrected chi connectivity index (χ1v) is 9.59. The minimum atomic E-state index is -0.677. The Hall–Kier alpha value is -3.19. The summed E-state index contributed by atoms with van der Waals surface area (Å²) in [4.78, 5) is 24.4. The Labute approximate surface area is 171 Å². The number of rotatable bonds is 4. The first kappa shape index (κ1) is 19.1. The van der Waals surface area contributed by atoms with Crippen LogP contribution in [0, 0.1) is 5.82 Å². The summed E-state index contributed by atoms with van der Waals surface area (Å²) in [6.07, 6.45) is 3.50. The molecule has 8 heteroatoms. The number of hydrogen-bond acceptors (Lipinski definition) is 3. The van der Waals surface area contributed by atoms with Gasteiger partial charge in [-0.2, -0.15) is 5.10 Å².